The molecule has 1 N–H and O–H groups in total. The largest absolute Gasteiger partial charge is 0.392 e. The Morgan fingerprint density at radius 1 is 1.33 bits per heavy atom. The first kappa shape index (κ1) is 10.6. The van der Waals surface area contributed by atoms with Gasteiger partial charge in [0.25, 0.3) is 0 Å². The van der Waals surface area contributed by atoms with Gasteiger partial charge in [0.15, 0.2) is 0 Å². The number of aryl methyl sites for hydroxylation is 1. The molecular weight excluding hydrogens is 186 g/mol. The predicted molar refractivity (Wildman–Crippen MR) is 60.8 cm³/mol. The van der Waals surface area contributed by atoms with Crippen molar-refractivity contribution in [2.45, 2.75) is 51.0 Å². The van der Waals surface area contributed by atoms with Crippen LogP contribution in [0.15, 0.2) is 18.2 Å². The number of hydrogen-bond acceptors (Lipinski definition) is 2. The van der Waals surface area contributed by atoms with Gasteiger partial charge in [0.1, 0.15) is 0 Å². The summed E-state index contributed by atoms with van der Waals surface area (Å²) in [7, 11) is 0. The van der Waals surface area contributed by atoms with Gasteiger partial charge in [-0.1, -0.05) is 25.8 Å². The van der Waals surface area contributed by atoms with E-state index in [1.165, 1.54) is 6.42 Å². The molecule has 0 aromatic carbocycles. The average molecular weight is 205 g/mol. The standard InChI is InChI=1S/C13H19NO/c1-2-10-6-5-8-12(14-10)11-7-3-4-9-13(11)15/h5-6,8,11,13,15H,2-4,7,9H2,1H3/t11-,13+/m1/s1. The zero-order chi connectivity index (χ0) is 10.7. The highest BCUT2D eigenvalue weighted by Gasteiger charge is 2.25. The maximum absolute atomic E-state index is 9.95. The lowest BCUT2D eigenvalue weighted by atomic mass is 9.84. The third-order valence-corrected chi connectivity index (χ3v) is 3.30. The molecule has 1 aromatic rings. The van der Waals surface area contributed by atoms with E-state index in [-0.39, 0.29) is 12.0 Å². The van der Waals surface area contributed by atoms with Crippen LogP contribution in [0.1, 0.15) is 49.9 Å². The van der Waals surface area contributed by atoms with Crippen LogP contribution in [0.5, 0.6) is 0 Å². The molecule has 1 aromatic heterocycles. The Morgan fingerprint density at radius 2 is 2.13 bits per heavy atom. The van der Waals surface area contributed by atoms with Crippen molar-refractivity contribution in [2.75, 3.05) is 0 Å². The Morgan fingerprint density at radius 3 is 2.87 bits per heavy atom. The Balaban J connectivity index is 2.19. The Bertz CT molecular complexity index is 324. The SMILES string of the molecule is CCc1cccc([C@H]2CCCC[C@@H]2O)n1. The molecule has 1 fully saturated rings. The van der Waals surface area contributed by atoms with Gasteiger partial charge in [-0.25, -0.2) is 0 Å². The summed E-state index contributed by atoms with van der Waals surface area (Å²) in [6, 6.07) is 6.17. The van der Waals surface area contributed by atoms with Crippen LogP contribution >= 0.6 is 0 Å². The van der Waals surface area contributed by atoms with E-state index in [0.717, 1.165) is 37.1 Å². The molecule has 0 bridgehead atoms. The van der Waals surface area contributed by atoms with Gasteiger partial charge in [0.2, 0.25) is 0 Å². The molecule has 2 atom stereocenters. The van der Waals surface area contributed by atoms with Crippen molar-refractivity contribution >= 4 is 0 Å². The summed E-state index contributed by atoms with van der Waals surface area (Å²) in [6.45, 7) is 2.11. The van der Waals surface area contributed by atoms with Crippen LogP contribution in [-0.2, 0) is 6.42 Å². The normalized spacial score (nSPS) is 26.5. The van der Waals surface area contributed by atoms with E-state index in [1.807, 2.05) is 0 Å². The fourth-order valence-electron chi connectivity index (χ4n) is 2.36. The summed E-state index contributed by atoms with van der Waals surface area (Å²) < 4.78 is 0. The molecule has 0 saturated heterocycles. The molecule has 0 amide bonds. The van der Waals surface area contributed by atoms with E-state index in [0.29, 0.717) is 0 Å². The lowest BCUT2D eigenvalue weighted by molar-refractivity contribution is 0.104. The van der Waals surface area contributed by atoms with Gasteiger partial charge in [0.05, 0.1) is 6.10 Å². The zero-order valence-electron chi connectivity index (χ0n) is 9.32. The van der Waals surface area contributed by atoms with Crippen LogP contribution in [0.3, 0.4) is 0 Å². The van der Waals surface area contributed by atoms with Crippen LogP contribution < -0.4 is 0 Å². The minimum Gasteiger partial charge on any atom is -0.392 e. The van der Waals surface area contributed by atoms with Crippen LogP contribution in [0.4, 0.5) is 0 Å². The number of hydrogen-bond donors (Lipinski definition) is 1. The summed E-state index contributed by atoms with van der Waals surface area (Å²) in [5.41, 5.74) is 2.21. The van der Waals surface area contributed by atoms with Crippen LogP contribution in [0, 0.1) is 0 Å². The third-order valence-electron chi connectivity index (χ3n) is 3.30. The molecule has 1 aliphatic rings. The van der Waals surface area contributed by atoms with Crippen molar-refractivity contribution in [3.8, 4) is 0 Å². The molecule has 2 heteroatoms. The quantitative estimate of drug-likeness (QED) is 0.805. The minimum absolute atomic E-state index is 0.182. The fourth-order valence-corrected chi connectivity index (χ4v) is 2.36. The minimum atomic E-state index is -0.182. The number of aromatic nitrogens is 1. The van der Waals surface area contributed by atoms with Crippen molar-refractivity contribution < 1.29 is 5.11 Å². The highest BCUT2D eigenvalue weighted by molar-refractivity contribution is 5.16. The number of nitrogens with zero attached hydrogens (tertiary/aromatic N) is 1. The number of pyridine rings is 1. The molecule has 1 saturated carbocycles. The number of aliphatic hydroxyl groups is 1. The predicted octanol–water partition coefficient (Wildman–Crippen LogP) is 2.66. The van der Waals surface area contributed by atoms with Crippen molar-refractivity contribution in [2.24, 2.45) is 0 Å². The van der Waals surface area contributed by atoms with E-state index in [9.17, 15) is 5.11 Å². The molecular formula is C13H19NO. The third kappa shape index (κ3) is 2.37. The Labute approximate surface area is 91.4 Å². The first-order valence-corrected chi connectivity index (χ1v) is 5.95. The van der Waals surface area contributed by atoms with Gasteiger partial charge in [-0.2, -0.15) is 0 Å². The van der Waals surface area contributed by atoms with Crippen LogP contribution in [0.2, 0.25) is 0 Å². The molecule has 2 rings (SSSR count). The van der Waals surface area contributed by atoms with E-state index in [2.05, 4.69) is 30.1 Å². The first-order valence-electron chi connectivity index (χ1n) is 5.95. The summed E-state index contributed by atoms with van der Waals surface area (Å²) in [4.78, 5) is 4.61. The average Bonchev–Trinajstić information content (AvgIpc) is 2.30. The van der Waals surface area contributed by atoms with Crippen molar-refractivity contribution in [3.63, 3.8) is 0 Å². The lowest BCUT2D eigenvalue weighted by Crippen LogP contribution is -2.23. The molecule has 82 valence electrons. The molecule has 15 heavy (non-hydrogen) atoms. The van der Waals surface area contributed by atoms with E-state index in [1.54, 1.807) is 0 Å². The molecule has 0 unspecified atom stereocenters. The van der Waals surface area contributed by atoms with Gasteiger partial charge in [-0.15, -0.1) is 0 Å². The Hall–Kier alpha value is -0.890. The second-order valence-electron chi connectivity index (χ2n) is 4.37. The molecule has 0 aliphatic heterocycles. The second-order valence-corrected chi connectivity index (χ2v) is 4.37. The molecule has 1 heterocycles. The lowest BCUT2D eigenvalue weighted by Gasteiger charge is -2.27. The highest BCUT2D eigenvalue weighted by atomic mass is 16.3. The molecule has 0 radical (unpaired) electrons. The summed E-state index contributed by atoms with van der Waals surface area (Å²) in [5, 5.41) is 9.95. The van der Waals surface area contributed by atoms with Crippen molar-refractivity contribution in [3.05, 3.63) is 29.6 Å². The van der Waals surface area contributed by atoms with Gasteiger partial charge in [0, 0.05) is 17.3 Å². The molecule has 1 aliphatic carbocycles. The van der Waals surface area contributed by atoms with Crippen molar-refractivity contribution in [1.82, 2.24) is 4.98 Å². The van der Waals surface area contributed by atoms with Crippen LogP contribution in [0.25, 0.3) is 0 Å². The van der Waals surface area contributed by atoms with Gasteiger partial charge in [-0.05, 0) is 31.4 Å². The smallest absolute Gasteiger partial charge is 0.0623 e. The van der Waals surface area contributed by atoms with E-state index in [4.69, 9.17) is 0 Å². The van der Waals surface area contributed by atoms with Crippen molar-refractivity contribution in [1.29, 1.82) is 0 Å². The second kappa shape index (κ2) is 4.75. The number of rotatable bonds is 2. The van der Waals surface area contributed by atoms with Gasteiger partial charge < -0.3 is 5.11 Å². The van der Waals surface area contributed by atoms with Gasteiger partial charge >= 0.3 is 0 Å². The van der Waals surface area contributed by atoms with E-state index >= 15 is 0 Å². The van der Waals surface area contributed by atoms with Crippen LogP contribution in [-0.4, -0.2) is 16.2 Å². The summed E-state index contributed by atoms with van der Waals surface area (Å²) >= 11 is 0. The Kier molecular flexibility index (Phi) is 3.37. The fraction of sp³-hybridized carbons (Fsp3) is 0.615. The molecule has 2 nitrogen and oxygen atoms in total. The first-order chi connectivity index (χ1) is 7.31. The summed E-state index contributed by atoms with van der Waals surface area (Å²) in [6.07, 6.45) is 5.18. The zero-order valence-corrected chi connectivity index (χ0v) is 9.32. The molecule has 0 spiro atoms. The highest BCUT2D eigenvalue weighted by Crippen LogP contribution is 2.31. The summed E-state index contributed by atoms with van der Waals surface area (Å²) in [5.74, 6) is 0.269. The maximum atomic E-state index is 9.95. The number of aliphatic hydroxyl groups excluding tert-OH is 1. The van der Waals surface area contributed by atoms with Gasteiger partial charge in [-0.3, -0.25) is 4.98 Å². The topological polar surface area (TPSA) is 33.1 Å². The maximum Gasteiger partial charge on any atom is 0.0623 e. The van der Waals surface area contributed by atoms with E-state index < -0.39 is 0 Å². The monoisotopic (exact) mass is 205 g/mol.